The van der Waals surface area contributed by atoms with E-state index >= 15 is 0 Å². The minimum atomic E-state index is -4.51. The lowest BCUT2D eigenvalue weighted by atomic mass is 10.1. The lowest BCUT2D eigenvalue weighted by Crippen LogP contribution is -2.31. The molecule has 0 aromatic carbocycles. The molecule has 2 nitrogen and oxygen atoms in total. The topological polar surface area (TPSA) is 18.5 Å². The van der Waals surface area contributed by atoms with Gasteiger partial charge in [0.15, 0.2) is 5.76 Å². The van der Waals surface area contributed by atoms with Crippen LogP contribution in [0.1, 0.15) is 77.6 Å². The molecule has 0 N–H and O–H groups in total. The second kappa shape index (κ2) is 14.4. The van der Waals surface area contributed by atoms with E-state index in [0.29, 0.717) is 5.76 Å². The molecule has 178 valence electrons. The zero-order chi connectivity index (χ0) is 23.3. The molecule has 0 atom stereocenters. The highest BCUT2D eigenvalue weighted by Gasteiger charge is 2.39. The van der Waals surface area contributed by atoms with Crippen LogP contribution in [-0.4, -0.2) is 22.8 Å². The van der Waals surface area contributed by atoms with Crippen molar-refractivity contribution in [1.82, 2.24) is 0 Å². The summed E-state index contributed by atoms with van der Waals surface area (Å²) >= 11 is 0. The lowest BCUT2D eigenvalue weighted by Gasteiger charge is -2.25. The minimum absolute atomic E-state index is 0.302. The van der Waals surface area contributed by atoms with Crippen LogP contribution in [-0.2, 0) is 8.85 Å². The summed E-state index contributed by atoms with van der Waals surface area (Å²) in [6.45, 7) is 13.4. The molecule has 0 rings (SSSR count). The first-order valence-electron chi connectivity index (χ1n) is 11.6. The van der Waals surface area contributed by atoms with E-state index in [-0.39, 0.29) is 0 Å². The molecule has 0 aliphatic rings. The predicted octanol–water partition coefficient (Wildman–Crippen LogP) is 9.33. The number of hydrogen-bond donors (Lipinski definition) is 0. The molecule has 0 saturated carbocycles. The van der Waals surface area contributed by atoms with E-state index in [1.54, 1.807) is 19.6 Å². The highest BCUT2D eigenvalue weighted by molar-refractivity contribution is 6.70. The maximum Gasteiger partial charge on any atom is 0.447 e. The van der Waals surface area contributed by atoms with Gasteiger partial charge in [0.2, 0.25) is 16.6 Å². The average Bonchev–Trinajstić information content (AvgIpc) is 2.55. The largest absolute Gasteiger partial charge is 0.544 e. The predicted molar refractivity (Wildman–Crippen MR) is 128 cm³/mol. The Morgan fingerprint density at radius 3 is 1.53 bits per heavy atom. The van der Waals surface area contributed by atoms with Crippen molar-refractivity contribution in [2.24, 2.45) is 0 Å². The van der Waals surface area contributed by atoms with E-state index in [2.05, 4.69) is 6.92 Å². The van der Waals surface area contributed by atoms with Gasteiger partial charge in [-0.15, -0.1) is 0 Å². The second-order valence-electron chi connectivity index (χ2n) is 10.0. The summed E-state index contributed by atoms with van der Waals surface area (Å²) in [5.74, 6) is -0.634. The van der Waals surface area contributed by atoms with Crippen molar-refractivity contribution in [3.8, 4) is 0 Å². The Morgan fingerprint density at radius 2 is 1.13 bits per heavy atom. The van der Waals surface area contributed by atoms with Gasteiger partial charge in [-0.05, 0) is 58.2 Å². The molecule has 0 aliphatic heterocycles. The summed E-state index contributed by atoms with van der Waals surface area (Å²) in [5, 5.41) is 0. The quantitative estimate of drug-likeness (QED) is 0.0976. The molecule has 0 aromatic heterocycles. The molecule has 0 heterocycles. The smallest absolute Gasteiger partial charge is 0.447 e. The number of allylic oxidation sites excluding steroid dienone is 3. The van der Waals surface area contributed by atoms with E-state index in [0.717, 1.165) is 25.3 Å². The van der Waals surface area contributed by atoms with Crippen molar-refractivity contribution in [3.05, 3.63) is 23.7 Å². The highest BCUT2D eigenvalue weighted by atomic mass is 28.4. The SMILES string of the molecule is CCCCCCCCCCCC/C=C(/C=C(/O[Si](C)(C)C)C(F)(F)F)O[Si](C)(C)C. The number of hydrogen-bond acceptors (Lipinski definition) is 2. The van der Waals surface area contributed by atoms with E-state index in [1.165, 1.54) is 51.4 Å². The molecule has 0 spiro atoms. The molecule has 7 heteroatoms. The van der Waals surface area contributed by atoms with Gasteiger partial charge in [-0.3, -0.25) is 0 Å². The summed E-state index contributed by atoms with van der Waals surface area (Å²) in [5.41, 5.74) is 0. The first-order chi connectivity index (χ1) is 13.7. The standard InChI is InChI=1S/C23H45F3O2Si2/c1-8-9-10-11-12-13-14-15-16-17-18-19-21(27-29(2,3)4)20-22(23(24,25)26)28-30(5,6)7/h19-20H,8-18H2,1-7H3/b21-19-,22-20+. The molecular formula is C23H45F3O2Si2. The Kier molecular flexibility index (Phi) is 14.0. The van der Waals surface area contributed by atoms with Crippen molar-refractivity contribution >= 4 is 16.6 Å². The fourth-order valence-electron chi connectivity index (χ4n) is 2.99. The van der Waals surface area contributed by atoms with Gasteiger partial charge in [-0.1, -0.05) is 64.7 Å². The Hall–Kier alpha value is -0.696. The first kappa shape index (κ1) is 29.3. The Bertz CT molecular complexity index is 516. The maximum atomic E-state index is 13.5. The van der Waals surface area contributed by atoms with Crippen LogP contribution >= 0.6 is 0 Å². The third-order valence-corrected chi connectivity index (χ3v) is 5.98. The molecule has 0 fully saturated rings. The molecule has 0 saturated heterocycles. The molecule has 0 amide bonds. The Balaban J connectivity index is 4.72. The molecule has 0 bridgehead atoms. The van der Waals surface area contributed by atoms with E-state index in [9.17, 15) is 13.2 Å². The van der Waals surface area contributed by atoms with Crippen LogP contribution in [0.5, 0.6) is 0 Å². The van der Waals surface area contributed by atoms with Crippen LogP contribution in [0.3, 0.4) is 0 Å². The number of unbranched alkanes of at least 4 members (excludes halogenated alkanes) is 10. The van der Waals surface area contributed by atoms with E-state index < -0.39 is 28.6 Å². The average molecular weight is 467 g/mol. The monoisotopic (exact) mass is 466 g/mol. The third kappa shape index (κ3) is 18.1. The summed E-state index contributed by atoms with van der Waals surface area (Å²) < 4.78 is 51.6. The molecular weight excluding hydrogens is 421 g/mol. The van der Waals surface area contributed by atoms with Gasteiger partial charge in [0.1, 0.15) is 5.76 Å². The Labute approximate surface area is 185 Å². The van der Waals surface area contributed by atoms with E-state index in [1.807, 2.05) is 25.7 Å². The summed E-state index contributed by atoms with van der Waals surface area (Å²) in [4.78, 5) is 0. The van der Waals surface area contributed by atoms with Gasteiger partial charge in [-0.2, -0.15) is 13.2 Å². The van der Waals surface area contributed by atoms with Crippen molar-refractivity contribution in [3.63, 3.8) is 0 Å². The minimum Gasteiger partial charge on any atom is -0.544 e. The van der Waals surface area contributed by atoms with Crippen LogP contribution < -0.4 is 0 Å². The molecule has 0 aromatic rings. The van der Waals surface area contributed by atoms with E-state index in [4.69, 9.17) is 8.85 Å². The van der Waals surface area contributed by atoms with Crippen molar-refractivity contribution < 1.29 is 22.0 Å². The fourth-order valence-corrected chi connectivity index (χ4v) is 4.67. The first-order valence-corrected chi connectivity index (χ1v) is 18.4. The third-order valence-electron chi connectivity index (χ3n) is 4.30. The molecule has 0 unspecified atom stereocenters. The van der Waals surface area contributed by atoms with Crippen LogP contribution in [0.2, 0.25) is 39.3 Å². The van der Waals surface area contributed by atoms with Crippen molar-refractivity contribution in [1.29, 1.82) is 0 Å². The lowest BCUT2D eigenvalue weighted by molar-refractivity contribution is -0.117. The van der Waals surface area contributed by atoms with Crippen LogP contribution in [0.25, 0.3) is 0 Å². The highest BCUT2D eigenvalue weighted by Crippen LogP contribution is 2.31. The van der Waals surface area contributed by atoms with Gasteiger partial charge in [0, 0.05) is 6.08 Å². The summed E-state index contributed by atoms with van der Waals surface area (Å²) in [7, 11) is -4.41. The van der Waals surface area contributed by atoms with Crippen molar-refractivity contribution in [2.75, 3.05) is 0 Å². The summed E-state index contributed by atoms with van der Waals surface area (Å²) in [6.07, 6.45) is 11.5. The zero-order valence-electron chi connectivity index (χ0n) is 20.4. The normalized spacial score (nSPS) is 14.2. The fraction of sp³-hybridized carbons (Fsp3) is 0.826. The molecule has 0 aliphatic carbocycles. The Morgan fingerprint density at radius 1 is 0.700 bits per heavy atom. The molecule has 0 radical (unpaired) electrons. The molecule has 30 heavy (non-hydrogen) atoms. The van der Waals surface area contributed by atoms with Gasteiger partial charge in [-0.25, -0.2) is 0 Å². The van der Waals surface area contributed by atoms with Crippen LogP contribution in [0.4, 0.5) is 13.2 Å². The van der Waals surface area contributed by atoms with Crippen LogP contribution in [0.15, 0.2) is 23.7 Å². The number of halogens is 3. The van der Waals surface area contributed by atoms with Gasteiger partial charge < -0.3 is 8.85 Å². The number of alkyl halides is 3. The second-order valence-corrected chi connectivity index (χ2v) is 18.9. The van der Waals surface area contributed by atoms with Crippen molar-refractivity contribution in [2.45, 2.75) is 123 Å². The maximum absolute atomic E-state index is 13.5. The van der Waals surface area contributed by atoms with Crippen LogP contribution in [0, 0.1) is 0 Å². The van der Waals surface area contributed by atoms with Gasteiger partial charge >= 0.3 is 6.18 Å². The zero-order valence-corrected chi connectivity index (χ0v) is 22.4. The number of rotatable bonds is 16. The van der Waals surface area contributed by atoms with Gasteiger partial charge in [0.25, 0.3) is 0 Å². The summed E-state index contributed by atoms with van der Waals surface area (Å²) in [6, 6.07) is 0. The van der Waals surface area contributed by atoms with Gasteiger partial charge in [0.05, 0.1) is 0 Å².